The van der Waals surface area contributed by atoms with Gasteiger partial charge >= 0.3 is 0 Å². The summed E-state index contributed by atoms with van der Waals surface area (Å²) in [5, 5.41) is 6.84. The zero-order valence-corrected chi connectivity index (χ0v) is 15.7. The van der Waals surface area contributed by atoms with E-state index in [0.29, 0.717) is 30.2 Å². The molecule has 0 saturated carbocycles. The molecule has 136 valence electrons. The standard InChI is InChI=1S/C22H19NO3S/c1-2-25-19-11-9-15-6-3-4-7-17(15)21(19)22(24)23-14-16-10-12-18(26-16)20-8-5-13-27-20/h3-13H,2,14H2,1H3,(H,23,24). The third-order valence-corrected chi connectivity index (χ3v) is 5.15. The van der Waals surface area contributed by atoms with Gasteiger partial charge in [-0.15, -0.1) is 11.3 Å². The Morgan fingerprint density at radius 2 is 1.96 bits per heavy atom. The zero-order chi connectivity index (χ0) is 18.6. The quantitative estimate of drug-likeness (QED) is 0.483. The highest BCUT2D eigenvalue weighted by molar-refractivity contribution is 7.13. The Kier molecular flexibility index (Phi) is 4.94. The molecule has 0 fully saturated rings. The van der Waals surface area contributed by atoms with Crippen LogP contribution in [0.4, 0.5) is 0 Å². The van der Waals surface area contributed by atoms with Crippen LogP contribution in [0.25, 0.3) is 21.4 Å². The number of fused-ring (bicyclic) bond motifs is 1. The maximum Gasteiger partial charge on any atom is 0.256 e. The molecule has 2 aromatic carbocycles. The Labute approximate surface area is 161 Å². The fourth-order valence-electron chi connectivity index (χ4n) is 3.04. The summed E-state index contributed by atoms with van der Waals surface area (Å²) in [7, 11) is 0. The van der Waals surface area contributed by atoms with Crippen LogP contribution >= 0.6 is 11.3 Å². The number of ether oxygens (including phenoxy) is 1. The normalized spacial score (nSPS) is 10.9. The lowest BCUT2D eigenvalue weighted by atomic mass is 10.0. The number of thiophene rings is 1. The summed E-state index contributed by atoms with van der Waals surface area (Å²) < 4.78 is 11.5. The Morgan fingerprint density at radius 3 is 2.78 bits per heavy atom. The van der Waals surface area contributed by atoms with Gasteiger partial charge in [-0.05, 0) is 47.3 Å². The first-order valence-electron chi connectivity index (χ1n) is 8.81. The summed E-state index contributed by atoms with van der Waals surface area (Å²) in [4.78, 5) is 14.0. The SMILES string of the molecule is CCOc1ccc2ccccc2c1C(=O)NCc1ccc(-c2cccs2)o1. The van der Waals surface area contributed by atoms with Crippen LogP contribution in [0.2, 0.25) is 0 Å². The molecule has 0 radical (unpaired) electrons. The second-order valence-corrected chi connectivity index (χ2v) is 6.97. The molecule has 4 nitrogen and oxygen atoms in total. The van der Waals surface area contributed by atoms with Gasteiger partial charge in [-0.3, -0.25) is 4.79 Å². The monoisotopic (exact) mass is 377 g/mol. The average molecular weight is 377 g/mol. The van der Waals surface area contributed by atoms with Crippen molar-refractivity contribution in [2.24, 2.45) is 0 Å². The maximum atomic E-state index is 12.9. The number of carbonyl (C=O) groups excluding carboxylic acids is 1. The van der Waals surface area contributed by atoms with Gasteiger partial charge in [0, 0.05) is 0 Å². The molecule has 0 aliphatic rings. The summed E-state index contributed by atoms with van der Waals surface area (Å²) in [6.07, 6.45) is 0. The summed E-state index contributed by atoms with van der Waals surface area (Å²) >= 11 is 1.62. The fourth-order valence-corrected chi connectivity index (χ4v) is 3.73. The van der Waals surface area contributed by atoms with Crippen LogP contribution < -0.4 is 10.1 Å². The molecule has 1 amide bonds. The van der Waals surface area contributed by atoms with Crippen LogP contribution in [0.5, 0.6) is 5.75 Å². The van der Waals surface area contributed by atoms with Gasteiger partial charge in [0.25, 0.3) is 5.91 Å². The lowest BCUT2D eigenvalue weighted by Gasteiger charge is -2.13. The second kappa shape index (κ2) is 7.68. The molecular weight excluding hydrogens is 358 g/mol. The largest absolute Gasteiger partial charge is 0.493 e. The number of rotatable bonds is 6. The highest BCUT2D eigenvalue weighted by atomic mass is 32.1. The predicted octanol–water partition coefficient (Wildman–Crippen LogP) is 5.49. The van der Waals surface area contributed by atoms with E-state index < -0.39 is 0 Å². The van der Waals surface area contributed by atoms with Crippen LogP contribution in [0.1, 0.15) is 23.0 Å². The summed E-state index contributed by atoms with van der Waals surface area (Å²) in [5.41, 5.74) is 0.556. The van der Waals surface area contributed by atoms with E-state index in [-0.39, 0.29) is 5.91 Å². The van der Waals surface area contributed by atoms with Crippen LogP contribution in [0.15, 0.2) is 70.5 Å². The number of benzene rings is 2. The topological polar surface area (TPSA) is 51.5 Å². The van der Waals surface area contributed by atoms with Crippen molar-refractivity contribution in [1.29, 1.82) is 0 Å². The molecule has 5 heteroatoms. The number of hydrogen-bond acceptors (Lipinski definition) is 4. The highest BCUT2D eigenvalue weighted by Crippen LogP contribution is 2.29. The number of furan rings is 1. The molecule has 4 aromatic rings. The highest BCUT2D eigenvalue weighted by Gasteiger charge is 2.17. The number of carbonyl (C=O) groups is 1. The number of nitrogens with one attached hydrogen (secondary N) is 1. The van der Waals surface area contributed by atoms with Crippen molar-refractivity contribution in [2.75, 3.05) is 6.61 Å². The average Bonchev–Trinajstić information content (AvgIpc) is 3.38. The summed E-state index contributed by atoms with van der Waals surface area (Å²) in [6, 6.07) is 19.4. The molecule has 0 saturated heterocycles. The molecular formula is C22H19NO3S. The Bertz CT molecular complexity index is 1070. The van der Waals surface area contributed by atoms with Crippen molar-refractivity contribution in [1.82, 2.24) is 5.32 Å². The number of amides is 1. The first-order valence-corrected chi connectivity index (χ1v) is 9.69. The van der Waals surface area contributed by atoms with E-state index >= 15 is 0 Å². The molecule has 1 N–H and O–H groups in total. The van der Waals surface area contributed by atoms with E-state index in [4.69, 9.17) is 9.15 Å². The van der Waals surface area contributed by atoms with Gasteiger partial charge < -0.3 is 14.5 Å². The van der Waals surface area contributed by atoms with Crippen molar-refractivity contribution in [2.45, 2.75) is 13.5 Å². The van der Waals surface area contributed by atoms with E-state index in [9.17, 15) is 4.79 Å². The van der Waals surface area contributed by atoms with Crippen LogP contribution in [-0.4, -0.2) is 12.5 Å². The van der Waals surface area contributed by atoms with Crippen LogP contribution in [0.3, 0.4) is 0 Å². The molecule has 0 spiro atoms. The lowest BCUT2D eigenvalue weighted by molar-refractivity contribution is 0.0946. The van der Waals surface area contributed by atoms with E-state index in [1.807, 2.05) is 73.0 Å². The van der Waals surface area contributed by atoms with Crippen LogP contribution in [-0.2, 0) is 6.54 Å². The van der Waals surface area contributed by atoms with Crippen molar-refractivity contribution < 1.29 is 13.9 Å². The molecule has 0 atom stereocenters. The first-order chi connectivity index (χ1) is 13.3. The predicted molar refractivity (Wildman–Crippen MR) is 108 cm³/mol. The van der Waals surface area contributed by atoms with E-state index in [1.54, 1.807) is 11.3 Å². The fraction of sp³-hybridized carbons (Fsp3) is 0.136. The Balaban J connectivity index is 1.57. The molecule has 0 aliphatic heterocycles. The minimum absolute atomic E-state index is 0.177. The van der Waals surface area contributed by atoms with Crippen molar-refractivity contribution in [3.8, 4) is 16.4 Å². The third kappa shape index (κ3) is 3.59. The van der Waals surface area contributed by atoms with Gasteiger partial charge in [0.15, 0.2) is 0 Å². The van der Waals surface area contributed by atoms with E-state index in [1.165, 1.54) is 0 Å². The molecule has 2 heterocycles. The molecule has 0 aliphatic carbocycles. The minimum Gasteiger partial charge on any atom is -0.493 e. The first kappa shape index (κ1) is 17.4. The van der Waals surface area contributed by atoms with Crippen molar-refractivity contribution >= 4 is 28.0 Å². The van der Waals surface area contributed by atoms with Gasteiger partial charge in [-0.25, -0.2) is 0 Å². The zero-order valence-electron chi connectivity index (χ0n) is 14.9. The second-order valence-electron chi connectivity index (χ2n) is 6.02. The van der Waals surface area contributed by atoms with Crippen molar-refractivity contribution in [3.05, 3.63) is 77.4 Å². The Morgan fingerprint density at radius 1 is 1.07 bits per heavy atom. The van der Waals surface area contributed by atoms with Gasteiger partial charge in [0.1, 0.15) is 17.3 Å². The summed E-state index contributed by atoms with van der Waals surface area (Å²) in [6.45, 7) is 2.73. The minimum atomic E-state index is -0.177. The smallest absolute Gasteiger partial charge is 0.256 e. The molecule has 0 unspecified atom stereocenters. The van der Waals surface area contributed by atoms with E-state index in [0.717, 1.165) is 21.4 Å². The van der Waals surface area contributed by atoms with Crippen molar-refractivity contribution in [3.63, 3.8) is 0 Å². The third-order valence-electron chi connectivity index (χ3n) is 4.27. The molecule has 27 heavy (non-hydrogen) atoms. The Hall–Kier alpha value is -3.05. The van der Waals surface area contributed by atoms with Gasteiger partial charge in [0.05, 0.1) is 23.6 Å². The molecule has 2 aromatic heterocycles. The van der Waals surface area contributed by atoms with E-state index in [2.05, 4.69) is 5.32 Å². The number of hydrogen-bond donors (Lipinski definition) is 1. The van der Waals surface area contributed by atoms with Gasteiger partial charge in [0.2, 0.25) is 0 Å². The van der Waals surface area contributed by atoms with Gasteiger partial charge in [-0.1, -0.05) is 36.4 Å². The lowest BCUT2D eigenvalue weighted by Crippen LogP contribution is -2.23. The van der Waals surface area contributed by atoms with Gasteiger partial charge in [-0.2, -0.15) is 0 Å². The maximum absolute atomic E-state index is 12.9. The van der Waals surface area contributed by atoms with Crippen LogP contribution in [0, 0.1) is 0 Å². The summed E-state index contributed by atoms with van der Waals surface area (Å²) in [5.74, 6) is 1.94. The molecule has 0 bridgehead atoms. The molecule has 4 rings (SSSR count).